The lowest BCUT2D eigenvalue weighted by molar-refractivity contribution is 0.277. The molecule has 0 amide bonds. The third kappa shape index (κ3) is 9.64. The third-order valence-corrected chi connectivity index (χ3v) is 3.88. The van der Waals surface area contributed by atoms with Crippen LogP contribution in [0.5, 0.6) is 0 Å². The first-order chi connectivity index (χ1) is 7.83. The van der Waals surface area contributed by atoms with Crippen molar-refractivity contribution >= 4 is 0 Å². The fraction of sp³-hybridized carbons (Fsp3) is 1.00. The summed E-state index contributed by atoms with van der Waals surface area (Å²) in [6, 6.07) is 0. The highest BCUT2D eigenvalue weighted by Gasteiger charge is 2.19. The van der Waals surface area contributed by atoms with Gasteiger partial charge in [-0.1, -0.05) is 59.8 Å². The highest BCUT2D eigenvalue weighted by atomic mass is 14.7. The summed E-state index contributed by atoms with van der Waals surface area (Å²) in [6.07, 6.45) is 11.6. The van der Waals surface area contributed by atoms with Crippen LogP contribution in [0.2, 0.25) is 0 Å². The Morgan fingerprint density at radius 3 is 1.76 bits per heavy atom. The number of rotatable bonds is 10. The molecule has 0 aliphatic rings. The second-order valence-corrected chi connectivity index (χ2v) is 6.88. The first kappa shape index (κ1) is 17.0. The fourth-order valence-corrected chi connectivity index (χ4v) is 2.61. The number of hydrogen-bond acceptors (Lipinski definition) is 1. The molecule has 0 saturated heterocycles. The molecule has 0 aromatic heterocycles. The molecule has 1 nitrogen and oxygen atoms in total. The zero-order valence-electron chi connectivity index (χ0n) is 12.9. The molecule has 1 atom stereocenters. The van der Waals surface area contributed by atoms with Gasteiger partial charge in [0.1, 0.15) is 0 Å². The van der Waals surface area contributed by atoms with Crippen LogP contribution in [0.25, 0.3) is 0 Å². The topological polar surface area (TPSA) is 26.0 Å². The van der Waals surface area contributed by atoms with E-state index >= 15 is 0 Å². The van der Waals surface area contributed by atoms with Crippen molar-refractivity contribution in [1.29, 1.82) is 0 Å². The second-order valence-electron chi connectivity index (χ2n) is 6.88. The highest BCUT2D eigenvalue weighted by molar-refractivity contribution is 4.78. The van der Waals surface area contributed by atoms with Crippen LogP contribution in [0.1, 0.15) is 92.4 Å². The van der Waals surface area contributed by atoms with Gasteiger partial charge in [-0.2, -0.15) is 0 Å². The Hall–Kier alpha value is -0.0400. The number of unbranched alkanes of at least 4 members (excludes halogenated alkanes) is 2. The van der Waals surface area contributed by atoms with Crippen LogP contribution >= 0.6 is 0 Å². The summed E-state index contributed by atoms with van der Waals surface area (Å²) in [7, 11) is 0. The molecule has 0 heterocycles. The lowest BCUT2D eigenvalue weighted by Crippen LogP contribution is -2.35. The van der Waals surface area contributed by atoms with Crippen LogP contribution < -0.4 is 5.73 Å². The summed E-state index contributed by atoms with van der Waals surface area (Å²) in [5.74, 6) is 0. The van der Waals surface area contributed by atoms with Gasteiger partial charge in [0, 0.05) is 5.54 Å². The maximum Gasteiger partial charge on any atom is 0.0125 e. The molecular weight excluding hydrogens is 206 g/mol. The zero-order chi connectivity index (χ0) is 13.4. The van der Waals surface area contributed by atoms with Crippen LogP contribution in [0.4, 0.5) is 0 Å². The van der Waals surface area contributed by atoms with Gasteiger partial charge in [0.15, 0.2) is 0 Å². The van der Waals surface area contributed by atoms with Crippen molar-refractivity contribution in [2.45, 2.75) is 97.9 Å². The smallest absolute Gasteiger partial charge is 0.0125 e. The molecule has 0 saturated carbocycles. The van der Waals surface area contributed by atoms with Gasteiger partial charge in [-0.3, -0.25) is 0 Å². The predicted octanol–water partition coefficient (Wildman–Crippen LogP) is 5.28. The van der Waals surface area contributed by atoms with E-state index in [-0.39, 0.29) is 5.54 Å². The number of nitrogens with two attached hydrogens (primary N) is 1. The van der Waals surface area contributed by atoms with Gasteiger partial charge in [0.05, 0.1) is 0 Å². The van der Waals surface area contributed by atoms with Crippen molar-refractivity contribution in [3.05, 3.63) is 0 Å². The summed E-state index contributed by atoms with van der Waals surface area (Å²) in [6.45, 7) is 11.5. The fourth-order valence-electron chi connectivity index (χ4n) is 2.61. The standard InChI is InChI=1S/C16H35N/c1-6-8-12-15(3,4)13-9-10-14-16(5,17)11-7-2/h6-14,17H2,1-5H3. The maximum atomic E-state index is 6.26. The van der Waals surface area contributed by atoms with E-state index < -0.39 is 0 Å². The molecular formula is C16H35N. The second kappa shape index (κ2) is 8.13. The van der Waals surface area contributed by atoms with Gasteiger partial charge in [0.25, 0.3) is 0 Å². The molecule has 0 aromatic rings. The lowest BCUT2D eigenvalue weighted by atomic mass is 9.81. The summed E-state index contributed by atoms with van der Waals surface area (Å²) in [4.78, 5) is 0. The van der Waals surface area contributed by atoms with Crippen molar-refractivity contribution in [3.8, 4) is 0 Å². The van der Waals surface area contributed by atoms with Crippen LogP contribution in [-0.4, -0.2) is 5.54 Å². The molecule has 2 N–H and O–H groups in total. The van der Waals surface area contributed by atoms with E-state index in [9.17, 15) is 0 Å². The normalized spacial score (nSPS) is 15.9. The molecule has 1 heteroatoms. The molecule has 0 aromatic carbocycles. The molecule has 104 valence electrons. The van der Waals surface area contributed by atoms with Crippen molar-refractivity contribution < 1.29 is 0 Å². The Kier molecular flexibility index (Phi) is 8.11. The van der Waals surface area contributed by atoms with Gasteiger partial charge in [-0.25, -0.2) is 0 Å². The Morgan fingerprint density at radius 2 is 1.24 bits per heavy atom. The quantitative estimate of drug-likeness (QED) is 0.517. The number of hydrogen-bond donors (Lipinski definition) is 1. The van der Waals surface area contributed by atoms with Crippen LogP contribution in [-0.2, 0) is 0 Å². The van der Waals surface area contributed by atoms with Crippen molar-refractivity contribution in [2.24, 2.45) is 11.1 Å². The van der Waals surface area contributed by atoms with E-state index in [4.69, 9.17) is 5.73 Å². The van der Waals surface area contributed by atoms with Crippen LogP contribution in [0, 0.1) is 5.41 Å². The van der Waals surface area contributed by atoms with Gasteiger partial charge in [0.2, 0.25) is 0 Å². The van der Waals surface area contributed by atoms with Crippen molar-refractivity contribution in [3.63, 3.8) is 0 Å². The monoisotopic (exact) mass is 241 g/mol. The minimum Gasteiger partial charge on any atom is -0.325 e. The van der Waals surface area contributed by atoms with Gasteiger partial charge >= 0.3 is 0 Å². The van der Waals surface area contributed by atoms with Crippen molar-refractivity contribution in [2.75, 3.05) is 0 Å². The van der Waals surface area contributed by atoms with E-state index in [2.05, 4.69) is 34.6 Å². The van der Waals surface area contributed by atoms with Crippen LogP contribution in [0.15, 0.2) is 0 Å². The summed E-state index contributed by atoms with van der Waals surface area (Å²) in [5.41, 5.74) is 6.86. The molecule has 1 unspecified atom stereocenters. The molecule has 0 aliphatic carbocycles. The van der Waals surface area contributed by atoms with E-state index in [1.165, 1.54) is 51.4 Å². The highest BCUT2D eigenvalue weighted by Crippen LogP contribution is 2.30. The molecule has 0 bridgehead atoms. The Balaban J connectivity index is 3.69. The maximum absolute atomic E-state index is 6.26. The minimum absolute atomic E-state index is 0.0717. The molecule has 17 heavy (non-hydrogen) atoms. The zero-order valence-corrected chi connectivity index (χ0v) is 12.9. The predicted molar refractivity (Wildman–Crippen MR) is 79.3 cm³/mol. The lowest BCUT2D eigenvalue weighted by Gasteiger charge is -2.27. The first-order valence-corrected chi connectivity index (χ1v) is 7.62. The molecule has 0 aliphatic heterocycles. The van der Waals surface area contributed by atoms with E-state index in [1.54, 1.807) is 0 Å². The summed E-state index contributed by atoms with van der Waals surface area (Å²) in [5, 5.41) is 0. The molecule has 0 rings (SSSR count). The van der Waals surface area contributed by atoms with Gasteiger partial charge in [-0.15, -0.1) is 0 Å². The minimum atomic E-state index is 0.0717. The molecule has 0 fully saturated rings. The van der Waals surface area contributed by atoms with Gasteiger partial charge < -0.3 is 5.73 Å². The van der Waals surface area contributed by atoms with Gasteiger partial charge in [-0.05, 0) is 38.0 Å². The average molecular weight is 241 g/mol. The van der Waals surface area contributed by atoms with Crippen LogP contribution in [0.3, 0.4) is 0 Å². The Labute approximate surface area is 110 Å². The SMILES string of the molecule is CCCCC(C)(C)CCCCC(C)(N)CCC. The molecule has 0 spiro atoms. The van der Waals surface area contributed by atoms with E-state index in [1.807, 2.05) is 0 Å². The largest absolute Gasteiger partial charge is 0.325 e. The third-order valence-electron chi connectivity index (χ3n) is 3.88. The Morgan fingerprint density at radius 1 is 0.706 bits per heavy atom. The molecule has 0 radical (unpaired) electrons. The average Bonchev–Trinajstić information content (AvgIpc) is 2.22. The summed E-state index contributed by atoms with van der Waals surface area (Å²) < 4.78 is 0. The van der Waals surface area contributed by atoms with E-state index in [0.717, 1.165) is 6.42 Å². The van der Waals surface area contributed by atoms with Crippen molar-refractivity contribution in [1.82, 2.24) is 0 Å². The summed E-state index contributed by atoms with van der Waals surface area (Å²) >= 11 is 0. The Bertz CT molecular complexity index is 182. The first-order valence-electron chi connectivity index (χ1n) is 7.62. The van der Waals surface area contributed by atoms with E-state index in [0.29, 0.717) is 5.41 Å².